The topological polar surface area (TPSA) is 49.4 Å². The molecular weight excluding hydrogens is 332 g/mol. The number of anilines is 1. The third kappa shape index (κ3) is 4.56. The fourth-order valence-electron chi connectivity index (χ4n) is 2.38. The van der Waals surface area contributed by atoms with Crippen LogP contribution in [0.3, 0.4) is 0 Å². The Hall–Kier alpha value is -1.36. The number of rotatable bonds is 3. The minimum Gasteiger partial charge on any atom is -0.342 e. The zero-order valence-corrected chi connectivity index (χ0v) is 14.1. The smallest absolute Gasteiger partial charge is 0.233 e. The van der Waals surface area contributed by atoms with Crippen molar-refractivity contribution >= 4 is 33.4 Å². The molecule has 21 heavy (non-hydrogen) atoms. The van der Waals surface area contributed by atoms with Crippen LogP contribution in [0.15, 0.2) is 22.7 Å². The van der Waals surface area contributed by atoms with E-state index >= 15 is 0 Å². The standard InChI is InChI=1S/C16H21BrN2O2/c1-11-5-7-19(8-6-11)16(21)10-15(20)18-13-4-3-12(2)14(17)9-13/h3-4,9,11H,5-8,10H2,1-2H3,(H,18,20). The maximum absolute atomic E-state index is 12.1. The van der Waals surface area contributed by atoms with Gasteiger partial charge in [-0.15, -0.1) is 0 Å². The van der Waals surface area contributed by atoms with E-state index in [9.17, 15) is 9.59 Å². The summed E-state index contributed by atoms with van der Waals surface area (Å²) in [6.07, 6.45) is 1.97. The third-order valence-corrected chi connectivity index (χ3v) is 4.76. The number of benzene rings is 1. The van der Waals surface area contributed by atoms with Gasteiger partial charge in [-0.1, -0.05) is 28.9 Å². The van der Waals surface area contributed by atoms with Gasteiger partial charge >= 0.3 is 0 Å². The molecule has 2 amide bonds. The molecule has 0 aliphatic carbocycles. The SMILES string of the molecule is Cc1ccc(NC(=O)CC(=O)N2CCC(C)CC2)cc1Br. The Bertz CT molecular complexity index is 537. The molecule has 0 spiro atoms. The lowest BCUT2D eigenvalue weighted by Crippen LogP contribution is -2.39. The van der Waals surface area contributed by atoms with Crippen molar-refractivity contribution < 1.29 is 9.59 Å². The van der Waals surface area contributed by atoms with Crippen LogP contribution in [0, 0.1) is 12.8 Å². The summed E-state index contributed by atoms with van der Waals surface area (Å²) in [5.41, 5.74) is 1.81. The van der Waals surface area contributed by atoms with Crippen molar-refractivity contribution in [3.8, 4) is 0 Å². The number of carbonyl (C=O) groups excluding carboxylic acids is 2. The van der Waals surface area contributed by atoms with Gasteiger partial charge in [0, 0.05) is 23.2 Å². The Balaban J connectivity index is 1.86. The molecule has 4 nitrogen and oxygen atoms in total. The van der Waals surface area contributed by atoms with Crippen molar-refractivity contribution in [1.82, 2.24) is 4.90 Å². The highest BCUT2D eigenvalue weighted by atomic mass is 79.9. The lowest BCUT2D eigenvalue weighted by molar-refractivity contribution is -0.135. The number of hydrogen-bond acceptors (Lipinski definition) is 2. The first-order valence-electron chi connectivity index (χ1n) is 7.29. The number of aryl methyl sites for hydroxylation is 1. The largest absolute Gasteiger partial charge is 0.342 e. The number of nitrogens with zero attached hydrogens (tertiary/aromatic N) is 1. The van der Waals surface area contributed by atoms with Gasteiger partial charge in [0.05, 0.1) is 0 Å². The van der Waals surface area contributed by atoms with Gasteiger partial charge in [0.1, 0.15) is 6.42 Å². The Morgan fingerprint density at radius 2 is 2.00 bits per heavy atom. The number of halogens is 1. The van der Waals surface area contributed by atoms with Gasteiger partial charge in [0.2, 0.25) is 11.8 Å². The van der Waals surface area contributed by atoms with E-state index in [2.05, 4.69) is 28.2 Å². The molecule has 1 aromatic rings. The van der Waals surface area contributed by atoms with Gasteiger partial charge in [-0.05, 0) is 43.4 Å². The fourth-order valence-corrected chi connectivity index (χ4v) is 2.76. The van der Waals surface area contributed by atoms with Crippen molar-refractivity contribution in [2.24, 2.45) is 5.92 Å². The maximum Gasteiger partial charge on any atom is 0.233 e. The van der Waals surface area contributed by atoms with Crippen molar-refractivity contribution in [2.75, 3.05) is 18.4 Å². The van der Waals surface area contributed by atoms with Crippen LogP contribution in [0.1, 0.15) is 31.7 Å². The second kappa shape index (κ2) is 7.07. The second-order valence-corrected chi connectivity index (χ2v) is 6.61. The van der Waals surface area contributed by atoms with Crippen LogP contribution < -0.4 is 5.32 Å². The van der Waals surface area contributed by atoms with Crippen LogP contribution in [0.5, 0.6) is 0 Å². The molecule has 1 heterocycles. The zero-order chi connectivity index (χ0) is 15.4. The summed E-state index contributed by atoms with van der Waals surface area (Å²) in [6, 6.07) is 5.61. The predicted octanol–water partition coefficient (Wildman–Crippen LogP) is 3.34. The van der Waals surface area contributed by atoms with E-state index in [1.54, 1.807) is 4.90 Å². The number of nitrogens with one attached hydrogen (secondary N) is 1. The number of carbonyl (C=O) groups is 2. The van der Waals surface area contributed by atoms with E-state index < -0.39 is 0 Å². The van der Waals surface area contributed by atoms with Gasteiger partial charge in [0.25, 0.3) is 0 Å². The summed E-state index contributed by atoms with van der Waals surface area (Å²) >= 11 is 3.43. The van der Waals surface area contributed by atoms with Gasteiger partial charge < -0.3 is 10.2 Å². The molecule has 1 saturated heterocycles. The molecule has 1 N–H and O–H groups in total. The number of hydrogen-bond donors (Lipinski definition) is 1. The minimum atomic E-state index is -0.255. The second-order valence-electron chi connectivity index (χ2n) is 5.75. The minimum absolute atomic E-state index is 0.0782. The first-order chi connectivity index (χ1) is 9.95. The summed E-state index contributed by atoms with van der Waals surface area (Å²) in [5, 5.41) is 2.77. The summed E-state index contributed by atoms with van der Waals surface area (Å²) in [6.45, 7) is 5.72. The van der Waals surface area contributed by atoms with E-state index in [-0.39, 0.29) is 18.2 Å². The Morgan fingerprint density at radius 3 is 2.62 bits per heavy atom. The summed E-state index contributed by atoms with van der Waals surface area (Å²) in [4.78, 5) is 25.8. The van der Waals surface area contributed by atoms with E-state index in [4.69, 9.17) is 0 Å². The van der Waals surface area contributed by atoms with Crippen LogP contribution in [-0.2, 0) is 9.59 Å². The number of likely N-dealkylation sites (tertiary alicyclic amines) is 1. The van der Waals surface area contributed by atoms with Crippen molar-refractivity contribution in [3.05, 3.63) is 28.2 Å². The van der Waals surface area contributed by atoms with Crippen LogP contribution >= 0.6 is 15.9 Å². The Morgan fingerprint density at radius 1 is 1.33 bits per heavy atom. The average Bonchev–Trinajstić information content (AvgIpc) is 2.43. The molecule has 5 heteroatoms. The quantitative estimate of drug-likeness (QED) is 0.848. The molecule has 1 aliphatic heterocycles. The molecule has 0 unspecified atom stereocenters. The van der Waals surface area contributed by atoms with E-state index in [0.717, 1.165) is 36.0 Å². The zero-order valence-electron chi connectivity index (χ0n) is 12.5. The highest BCUT2D eigenvalue weighted by molar-refractivity contribution is 9.10. The highest BCUT2D eigenvalue weighted by Crippen LogP contribution is 2.21. The monoisotopic (exact) mass is 352 g/mol. The van der Waals surface area contributed by atoms with Crippen LogP contribution in [0.2, 0.25) is 0 Å². The van der Waals surface area contributed by atoms with Crippen molar-refractivity contribution in [2.45, 2.75) is 33.1 Å². The summed E-state index contributed by atoms with van der Waals surface area (Å²) < 4.78 is 0.941. The van der Waals surface area contributed by atoms with Crippen LogP contribution in [-0.4, -0.2) is 29.8 Å². The van der Waals surface area contributed by atoms with Crippen LogP contribution in [0.4, 0.5) is 5.69 Å². The molecule has 0 bridgehead atoms. The first-order valence-corrected chi connectivity index (χ1v) is 8.09. The molecule has 0 aromatic heterocycles. The first kappa shape index (κ1) is 16.0. The molecule has 2 rings (SSSR count). The molecule has 0 saturated carbocycles. The van der Waals surface area contributed by atoms with Crippen molar-refractivity contribution in [3.63, 3.8) is 0 Å². The fraction of sp³-hybridized carbons (Fsp3) is 0.500. The Labute approximate surface area is 134 Å². The number of piperidine rings is 1. The maximum atomic E-state index is 12.1. The molecule has 1 fully saturated rings. The number of amides is 2. The molecule has 0 radical (unpaired) electrons. The molecule has 1 aromatic carbocycles. The van der Waals surface area contributed by atoms with Crippen LogP contribution in [0.25, 0.3) is 0 Å². The van der Waals surface area contributed by atoms with Gasteiger partial charge in [0.15, 0.2) is 0 Å². The van der Waals surface area contributed by atoms with Gasteiger partial charge in [-0.2, -0.15) is 0 Å². The molecule has 0 atom stereocenters. The average molecular weight is 353 g/mol. The van der Waals surface area contributed by atoms with Gasteiger partial charge in [-0.25, -0.2) is 0 Å². The molecule has 1 aliphatic rings. The normalized spacial score (nSPS) is 15.9. The van der Waals surface area contributed by atoms with Crippen molar-refractivity contribution in [1.29, 1.82) is 0 Å². The third-order valence-electron chi connectivity index (χ3n) is 3.90. The summed E-state index contributed by atoms with van der Waals surface area (Å²) in [7, 11) is 0. The van der Waals surface area contributed by atoms with E-state index in [0.29, 0.717) is 11.6 Å². The predicted molar refractivity (Wildman–Crippen MR) is 87.1 cm³/mol. The Kier molecular flexibility index (Phi) is 5.39. The molecule has 114 valence electrons. The lowest BCUT2D eigenvalue weighted by Gasteiger charge is -2.30. The summed E-state index contributed by atoms with van der Waals surface area (Å²) in [5.74, 6) is 0.340. The van der Waals surface area contributed by atoms with Gasteiger partial charge in [-0.3, -0.25) is 9.59 Å². The highest BCUT2D eigenvalue weighted by Gasteiger charge is 2.22. The van der Waals surface area contributed by atoms with E-state index in [1.165, 1.54) is 0 Å². The van der Waals surface area contributed by atoms with E-state index in [1.807, 2.05) is 25.1 Å². The molecular formula is C16H21BrN2O2. The lowest BCUT2D eigenvalue weighted by atomic mass is 9.99.